The van der Waals surface area contributed by atoms with Gasteiger partial charge in [0.15, 0.2) is 0 Å². The van der Waals surface area contributed by atoms with E-state index >= 15 is 0 Å². The summed E-state index contributed by atoms with van der Waals surface area (Å²) in [5.41, 5.74) is 0. The van der Waals surface area contributed by atoms with Crippen LogP contribution < -0.4 is 0 Å². The Morgan fingerprint density at radius 2 is 1.40 bits per heavy atom. The molecule has 0 aromatic heterocycles. The van der Waals surface area contributed by atoms with Gasteiger partial charge in [0.05, 0.1) is 0 Å². The first-order valence-electron chi connectivity index (χ1n) is 0.651. The fourth-order valence-corrected chi connectivity index (χ4v) is 0. The van der Waals surface area contributed by atoms with E-state index in [1.54, 1.807) is 0 Å². The van der Waals surface area contributed by atoms with Gasteiger partial charge in [0.2, 0.25) is 0 Å². The van der Waals surface area contributed by atoms with Crippen molar-refractivity contribution in [1.82, 2.24) is 0 Å². The van der Waals surface area contributed by atoms with Gasteiger partial charge in [-0.3, -0.25) is 0 Å². The number of rotatable bonds is 0. The molecule has 0 heterocycles. The Kier molecular flexibility index (Phi) is 10.1. The van der Waals surface area contributed by atoms with Crippen molar-refractivity contribution in [2.24, 2.45) is 0 Å². The van der Waals surface area contributed by atoms with Crippen LogP contribution in [0.3, 0.4) is 0 Å². The maximum absolute atomic E-state index is 8.81. The molecule has 0 aliphatic carbocycles. The molecule has 0 saturated heterocycles. The van der Waals surface area contributed by atoms with Crippen molar-refractivity contribution < 1.29 is 11.9 Å². The molecule has 5 heavy (non-hydrogen) atoms. The van der Waals surface area contributed by atoms with Gasteiger partial charge in [-0.1, -0.05) is 0 Å². The van der Waals surface area contributed by atoms with E-state index in [4.69, 9.17) is 11.9 Å². The fraction of sp³-hybridized carbons (Fsp3) is 0. The molecule has 0 spiro atoms. The molecule has 0 bridgehead atoms. The Balaban J connectivity index is 0. The molecule has 0 aromatic rings. The van der Waals surface area contributed by atoms with E-state index in [-0.39, 0.29) is 29.6 Å². The van der Waals surface area contributed by atoms with Gasteiger partial charge in [0, 0.05) is 29.6 Å². The van der Waals surface area contributed by atoms with Crippen molar-refractivity contribution in [3.8, 4) is 0 Å². The van der Waals surface area contributed by atoms with Crippen LogP contribution in [0, 0.1) is 0 Å². The number of hydrogen-bond donors (Lipinski definition) is 2. The summed E-state index contributed by atoms with van der Waals surface area (Å²) in [6.07, 6.45) is 0. The molecule has 0 unspecified atom stereocenters. The normalized spacial score (nSPS) is 7.00. The standard InChI is InChI=1S/AsH3O3.Na/c2-1(3)4;/h1H,(H2,2,3,4);. The molecule has 0 aliphatic rings. The second-order valence-electron chi connectivity index (χ2n) is 0.283. The molecule has 0 aromatic carbocycles. The zero-order valence-corrected chi connectivity index (χ0v) is 6.90. The van der Waals surface area contributed by atoms with Gasteiger partial charge in [0.1, 0.15) is 0 Å². The Morgan fingerprint density at radius 3 is 1.40 bits per heavy atom. The minimum absolute atomic E-state index is 0. The molecule has 0 aliphatic heterocycles. The van der Waals surface area contributed by atoms with Gasteiger partial charge < -0.3 is 0 Å². The van der Waals surface area contributed by atoms with Crippen molar-refractivity contribution in [1.29, 1.82) is 0 Å². The van der Waals surface area contributed by atoms with Crippen LogP contribution in [-0.2, 0) is 3.74 Å². The van der Waals surface area contributed by atoms with Crippen LogP contribution in [0.4, 0.5) is 0 Å². The van der Waals surface area contributed by atoms with Crippen molar-refractivity contribution in [2.45, 2.75) is 0 Å². The maximum Gasteiger partial charge on any atom is 0 e. The summed E-state index contributed by atoms with van der Waals surface area (Å²) in [7, 11) is 0. The second kappa shape index (κ2) is 5.28. The molecule has 27 valence electrons. The van der Waals surface area contributed by atoms with Gasteiger partial charge in [-0.25, -0.2) is 0 Å². The molecule has 0 amide bonds. The molecule has 0 rings (SSSR count). The summed E-state index contributed by atoms with van der Waals surface area (Å²) >= 11 is -3.58. The minimum Gasteiger partial charge on any atom is 0 e. The van der Waals surface area contributed by atoms with Gasteiger partial charge in [-0.05, 0) is 0 Å². The molecule has 5 heteroatoms. The molecule has 1 radical (unpaired) electrons. The molecule has 0 saturated carbocycles. The van der Waals surface area contributed by atoms with Gasteiger partial charge >= 0.3 is 27.2 Å². The van der Waals surface area contributed by atoms with Crippen LogP contribution in [-0.4, -0.2) is 53.0 Å². The zero-order valence-electron chi connectivity index (χ0n) is 2.80. The van der Waals surface area contributed by atoms with E-state index in [1.807, 2.05) is 0 Å². The predicted octanol–water partition coefficient (Wildman–Crippen LogP) is -2.26. The summed E-state index contributed by atoms with van der Waals surface area (Å²) in [4.78, 5) is 0. The SMILES string of the molecule is O=[AsH](O)O.[Na]. The maximum atomic E-state index is 8.81. The van der Waals surface area contributed by atoms with E-state index in [0.717, 1.165) is 0 Å². The first-order chi connectivity index (χ1) is 1.73. The van der Waals surface area contributed by atoms with Crippen molar-refractivity contribution >= 4 is 44.8 Å². The third-order valence-corrected chi connectivity index (χ3v) is 0. The van der Waals surface area contributed by atoms with Gasteiger partial charge in [0.25, 0.3) is 0 Å². The zero-order chi connectivity index (χ0) is 3.58. The van der Waals surface area contributed by atoms with Gasteiger partial charge in [-0.2, -0.15) is 0 Å². The summed E-state index contributed by atoms with van der Waals surface area (Å²) in [6, 6.07) is 0. The predicted molar refractivity (Wildman–Crippen MR) is 18.0 cm³/mol. The monoisotopic (exact) mass is 149 g/mol. The van der Waals surface area contributed by atoms with Crippen LogP contribution in [0.15, 0.2) is 0 Å². The summed E-state index contributed by atoms with van der Waals surface area (Å²) in [6.45, 7) is 0. The topological polar surface area (TPSA) is 57.5 Å². The Hall–Kier alpha value is 1.28. The minimum atomic E-state index is -3.58. The molecule has 0 fully saturated rings. The van der Waals surface area contributed by atoms with Gasteiger partial charge in [-0.15, -0.1) is 0 Å². The van der Waals surface area contributed by atoms with E-state index < -0.39 is 15.3 Å². The Labute approximate surface area is 56.5 Å². The second-order valence-corrected chi connectivity index (χ2v) is 1.47. The molecular formula is H3AsNaO3. The smallest absolute Gasteiger partial charge is 0 e. The summed E-state index contributed by atoms with van der Waals surface area (Å²) < 4.78 is 23.2. The first kappa shape index (κ1) is 9.56. The molecule has 3 nitrogen and oxygen atoms in total. The van der Waals surface area contributed by atoms with E-state index in [9.17, 15) is 0 Å². The van der Waals surface area contributed by atoms with Crippen LogP contribution in [0.1, 0.15) is 0 Å². The van der Waals surface area contributed by atoms with E-state index in [1.165, 1.54) is 0 Å². The quantitative estimate of drug-likeness (QED) is 0.382. The summed E-state index contributed by atoms with van der Waals surface area (Å²) in [5, 5.41) is 0. The van der Waals surface area contributed by atoms with Crippen LogP contribution in [0.5, 0.6) is 0 Å². The van der Waals surface area contributed by atoms with Crippen LogP contribution in [0.2, 0.25) is 0 Å². The summed E-state index contributed by atoms with van der Waals surface area (Å²) in [5.74, 6) is 0. The first-order valence-corrected chi connectivity index (χ1v) is 3.38. The number of hydrogen-bond acceptors (Lipinski definition) is 1. The average Bonchev–Trinajstić information content (AvgIpc) is 0.811. The Morgan fingerprint density at radius 1 is 1.40 bits per heavy atom. The van der Waals surface area contributed by atoms with Crippen LogP contribution in [0.25, 0.3) is 0 Å². The average molecular weight is 149 g/mol. The molecular weight excluding hydrogens is 146 g/mol. The largest absolute Gasteiger partial charge is 0 e. The third-order valence-electron chi connectivity index (χ3n) is 0. The van der Waals surface area contributed by atoms with Crippen molar-refractivity contribution in [3.63, 3.8) is 0 Å². The Bertz CT molecular complexity index is 29.9. The van der Waals surface area contributed by atoms with Crippen molar-refractivity contribution in [2.75, 3.05) is 0 Å². The molecule has 0 atom stereocenters. The van der Waals surface area contributed by atoms with Crippen molar-refractivity contribution in [3.05, 3.63) is 0 Å². The van der Waals surface area contributed by atoms with E-state index in [2.05, 4.69) is 0 Å². The van der Waals surface area contributed by atoms with Crippen LogP contribution >= 0.6 is 0 Å². The fourth-order valence-electron chi connectivity index (χ4n) is 0. The molecule has 2 N–H and O–H groups in total. The van der Waals surface area contributed by atoms with E-state index in [0.29, 0.717) is 0 Å². The third kappa shape index (κ3) is 34.7.